The van der Waals surface area contributed by atoms with E-state index >= 15 is 0 Å². The first-order chi connectivity index (χ1) is 14.5. The van der Waals surface area contributed by atoms with Crippen molar-refractivity contribution in [1.82, 2.24) is 9.29 Å². The number of halogens is 1. The summed E-state index contributed by atoms with van der Waals surface area (Å²) in [6.07, 6.45) is 1.49. The molecule has 30 heavy (non-hydrogen) atoms. The summed E-state index contributed by atoms with van der Waals surface area (Å²) in [6, 6.07) is 25.2. The number of hydrogen-bond donors (Lipinski definition) is 0. The van der Waals surface area contributed by atoms with Gasteiger partial charge in [-0.15, -0.1) is 0 Å². The van der Waals surface area contributed by atoms with Crippen molar-refractivity contribution in [2.45, 2.75) is 18.0 Å². The van der Waals surface area contributed by atoms with Crippen LogP contribution in [0.3, 0.4) is 0 Å². The average molecular weight is 439 g/mol. The fourth-order valence-corrected chi connectivity index (χ4v) is 4.76. The van der Waals surface area contributed by atoms with Crippen LogP contribution in [0.25, 0.3) is 11.5 Å². The van der Waals surface area contributed by atoms with Gasteiger partial charge in [0.1, 0.15) is 6.26 Å². The van der Waals surface area contributed by atoms with Crippen LogP contribution in [-0.2, 0) is 23.1 Å². The topological polar surface area (TPSA) is 63.4 Å². The molecule has 0 spiro atoms. The van der Waals surface area contributed by atoms with Gasteiger partial charge in [0.05, 0.1) is 17.1 Å². The zero-order valence-electron chi connectivity index (χ0n) is 16.0. The zero-order chi connectivity index (χ0) is 21.0. The standard InChI is InChI=1S/C23H19ClN2O3S/c24-20-12-7-13-22(14-20)30(27,28)26(15-18-8-3-1-4-9-18)16-21-17-29-23(25-21)19-10-5-2-6-11-19/h1-14,17H,15-16H2. The fraction of sp³-hybridized carbons (Fsp3) is 0.0870. The van der Waals surface area contributed by atoms with E-state index in [0.29, 0.717) is 16.6 Å². The highest BCUT2D eigenvalue weighted by Gasteiger charge is 2.26. The molecule has 0 aliphatic rings. The van der Waals surface area contributed by atoms with E-state index in [4.69, 9.17) is 16.0 Å². The summed E-state index contributed by atoms with van der Waals surface area (Å²) >= 11 is 6.04. The molecule has 0 N–H and O–H groups in total. The van der Waals surface area contributed by atoms with Crippen molar-refractivity contribution in [1.29, 1.82) is 0 Å². The van der Waals surface area contributed by atoms with Crippen LogP contribution in [0.1, 0.15) is 11.3 Å². The van der Waals surface area contributed by atoms with Crippen LogP contribution < -0.4 is 0 Å². The highest BCUT2D eigenvalue weighted by Crippen LogP contribution is 2.25. The maximum Gasteiger partial charge on any atom is 0.243 e. The average Bonchev–Trinajstić information content (AvgIpc) is 3.23. The van der Waals surface area contributed by atoms with Crippen LogP contribution in [-0.4, -0.2) is 17.7 Å². The number of rotatable bonds is 7. The molecule has 4 rings (SSSR count). The van der Waals surface area contributed by atoms with Crippen molar-refractivity contribution in [2.75, 3.05) is 0 Å². The van der Waals surface area contributed by atoms with Gasteiger partial charge in [0, 0.05) is 17.1 Å². The Balaban J connectivity index is 1.67. The Morgan fingerprint density at radius 3 is 2.27 bits per heavy atom. The second-order valence-electron chi connectivity index (χ2n) is 6.73. The van der Waals surface area contributed by atoms with Crippen molar-refractivity contribution in [3.8, 4) is 11.5 Å². The summed E-state index contributed by atoms with van der Waals surface area (Å²) in [5.74, 6) is 0.449. The molecule has 0 aliphatic heterocycles. The summed E-state index contributed by atoms with van der Waals surface area (Å²) < 4.78 is 33.7. The number of benzene rings is 3. The van der Waals surface area contributed by atoms with Gasteiger partial charge in [0.2, 0.25) is 15.9 Å². The Morgan fingerprint density at radius 2 is 1.57 bits per heavy atom. The number of nitrogens with zero attached hydrogens (tertiary/aromatic N) is 2. The van der Waals surface area contributed by atoms with E-state index in [-0.39, 0.29) is 18.0 Å². The fourth-order valence-electron chi connectivity index (χ4n) is 3.06. The monoisotopic (exact) mass is 438 g/mol. The number of oxazole rings is 1. The van der Waals surface area contributed by atoms with E-state index in [9.17, 15) is 8.42 Å². The van der Waals surface area contributed by atoms with Crippen molar-refractivity contribution < 1.29 is 12.8 Å². The molecule has 3 aromatic carbocycles. The highest BCUT2D eigenvalue weighted by atomic mass is 35.5. The molecule has 0 aliphatic carbocycles. The minimum atomic E-state index is -3.81. The third-order valence-corrected chi connectivity index (χ3v) is 6.57. The minimum absolute atomic E-state index is 0.0695. The first-order valence-electron chi connectivity index (χ1n) is 9.32. The third kappa shape index (κ3) is 4.62. The van der Waals surface area contributed by atoms with Gasteiger partial charge < -0.3 is 4.42 Å². The minimum Gasteiger partial charge on any atom is -0.444 e. The Bertz CT molecular complexity index is 1230. The number of hydrogen-bond acceptors (Lipinski definition) is 4. The second kappa shape index (κ2) is 8.83. The summed E-state index contributed by atoms with van der Waals surface area (Å²) in [6.45, 7) is 0.267. The smallest absolute Gasteiger partial charge is 0.243 e. The van der Waals surface area contributed by atoms with Crippen LogP contribution in [0.15, 0.2) is 101 Å². The van der Waals surface area contributed by atoms with Crippen LogP contribution in [0.5, 0.6) is 0 Å². The van der Waals surface area contributed by atoms with Crippen molar-refractivity contribution in [2.24, 2.45) is 0 Å². The molecule has 5 nitrogen and oxygen atoms in total. The zero-order valence-corrected chi connectivity index (χ0v) is 17.6. The van der Waals surface area contributed by atoms with Gasteiger partial charge in [-0.05, 0) is 35.9 Å². The number of sulfonamides is 1. The first kappa shape index (κ1) is 20.3. The quantitative estimate of drug-likeness (QED) is 0.388. The van der Waals surface area contributed by atoms with Crippen molar-refractivity contribution in [3.05, 3.63) is 107 Å². The molecule has 152 valence electrons. The molecule has 1 heterocycles. The SMILES string of the molecule is O=S(=O)(c1cccc(Cl)c1)N(Cc1ccccc1)Cc1coc(-c2ccccc2)n1. The molecule has 0 atom stereocenters. The third-order valence-electron chi connectivity index (χ3n) is 4.55. The van der Waals surface area contributed by atoms with Gasteiger partial charge in [-0.3, -0.25) is 0 Å². The maximum atomic E-state index is 13.4. The van der Waals surface area contributed by atoms with Crippen LogP contribution >= 0.6 is 11.6 Å². The molecular weight excluding hydrogens is 420 g/mol. The lowest BCUT2D eigenvalue weighted by molar-refractivity contribution is 0.396. The number of aromatic nitrogens is 1. The molecule has 0 saturated carbocycles. The van der Waals surface area contributed by atoms with Crippen LogP contribution in [0.4, 0.5) is 0 Å². The van der Waals surface area contributed by atoms with Gasteiger partial charge in [0.25, 0.3) is 0 Å². The second-order valence-corrected chi connectivity index (χ2v) is 9.10. The summed E-state index contributed by atoms with van der Waals surface area (Å²) in [7, 11) is -3.81. The Hall–Kier alpha value is -2.93. The Kier molecular flexibility index (Phi) is 5.99. The van der Waals surface area contributed by atoms with Crippen molar-refractivity contribution in [3.63, 3.8) is 0 Å². The molecule has 7 heteroatoms. The molecular formula is C23H19ClN2O3S. The van der Waals surface area contributed by atoms with Crippen LogP contribution in [0, 0.1) is 0 Å². The van der Waals surface area contributed by atoms with Gasteiger partial charge >= 0.3 is 0 Å². The van der Waals surface area contributed by atoms with Gasteiger partial charge in [-0.25, -0.2) is 13.4 Å². The maximum absolute atomic E-state index is 13.4. The summed E-state index contributed by atoms with van der Waals surface area (Å²) in [5, 5.41) is 0.364. The van der Waals surface area contributed by atoms with Crippen molar-refractivity contribution >= 4 is 21.6 Å². The first-order valence-corrected chi connectivity index (χ1v) is 11.1. The predicted molar refractivity (Wildman–Crippen MR) is 116 cm³/mol. The van der Waals surface area contributed by atoms with E-state index in [0.717, 1.165) is 11.1 Å². The predicted octanol–water partition coefficient (Wildman–Crippen LogP) is 5.39. The molecule has 1 aromatic heterocycles. The molecule has 0 bridgehead atoms. The van der Waals surface area contributed by atoms with E-state index in [1.807, 2.05) is 60.7 Å². The van der Waals surface area contributed by atoms with E-state index < -0.39 is 10.0 Å². The lowest BCUT2D eigenvalue weighted by atomic mass is 10.2. The van der Waals surface area contributed by atoms with Crippen LogP contribution in [0.2, 0.25) is 5.02 Å². The highest BCUT2D eigenvalue weighted by molar-refractivity contribution is 7.89. The molecule has 0 saturated heterocycles. The van der Waals surface area contributed by atoms with E-state index in [1.54, 1.807) is 12.1 Å². The Labute approximate surface area is 180 Å². The van der Waals surface area contributed by atoms with Gasteiger partial charge in [-0.2, -0.15) is 4.31 Å². The molecule has 0 radical (unpaired) electrons. The van der Waals surface area contributed by atoms with E-state index in [1.165, 1.54) is 22.7 Å². The molecule has 0 amide bonds. The Morgan fingerprint density at radius 1 is 0.867 bits per heavy atom. The lowest BCUT2D eigenvalue weighted by Crippen LogP contribution is -2.30. The van der Waals surface area contributed by atoms with E-state index in [2.05, 4.69) is 4.98 Å². The lowest BCUT2D eigenvalue weighted by Gasteiger charge is -2.21. The summed E-state index contributed by atoms with van der Waals surface area (Å²) in [4.78, 5) is 4.62. The molecule has 4 aromatic rings. The normalized spacial score (nSPS) is 11.7. The van der Waals surface area contributed by atoms with Gasteiger partial charge in [0.15, 0.2) is 0 Å². The summed E-state index contributed by atoms with van der Waals surface area (Å²) in [5.41, 5.74) is 2.22. The molecule has 0 unspecified atom stereocenters. The molecule has 0 fully saturated rings. The largest absolute Gasteiger partial charge is 0.444 e. The van der Waals surface area contributed by atoms with Gasteiger partial charge in [-0.1, -0.05) is 66.2 Å².